The van der Waals surface area contributed by atoms with E-state index in [9.17, 15) is 4.79 Å². The van der Waals surface area contributed by atoms with Crippen molar-refractivity contribution in [1.29, 1.82) is 0 Å². The van der Waals surface area contributed by atoms with E-state index in [4.69, 9.17) is 0 Å². The summed E-state index contributed by atoms with van der Waals surface area (Å²) in [6, 6.07) is 0.214. The van der Waals surface area contributed by atoms with Crippen LogP contribution in [0, 0.1) is 0 Å². The molecule has 0 radical (unpaired) electrons. The lowest BCUT2D eigenvalue weighted by Crippen LogP contribution is -2.20. The number of rotatable bonds is 4. The van der Waals surface area contributed by atoms with E-state index in [1.807, 2.05) is 27.7 Å². The fourth-order valence-electron chi connectivity index (χ4n) is 0.757. The van der Waals surface area contributed by atoms with Gasteiger partial charge in [0.1, 0.15) is 0 Å². The smallest absolute Gasteiger partial charge is 0.332 e. The molecule has 0 amide bonds. The summed E-state index contributed by atoms with van der Waals surface area (Å²) < 4.78 is 4.48. The minimum absolute atomic E-state index is 0.214. The lowest BCUT2D eigenvalue weighted by molar-refractivity contribution is -0.134. The van der Waals surface area contributed by atoms with Crippen molar-refractivity contribution in [3.05, 3.63) is 12.3 Å². The van der Waals surface area contributed by atoms with Gasteiger partial charge in [-0.1, -0.05) is 0 Å². The molecular formula is C10H18N2O2. The van der Waals surface area contributed by atoms with E-state index in [1.165, 1.54) is 13.2 Å². The van der Waals surface area contributed by atoms with Gasteiger partial charge >= 0.3 is 5.97 Å². The van der Waals surface area contributed by atoms with Crippen LogP contribution in [0.15, 0.2) is 17.4 Å². The second-order valence-corrected chi connectivity index (χ2v) is 3.36. The van der Waals surface area contributed by atoms with Gasteiger partial charge in [-0.25, -0.2) is 4.79 Å². The van der Waals surface area contributed by atoms with Crippen molar-refractivity contribution in [2.24, 2.45) is 5.10 Å². The number of hydrazone groups is 1. The maximum atomic E-state index is 10.8. The van der Waals surface area contributed by atoms with Gasteiger partial charge in [0.15, 0.2) is 0 Å². The first kappa shape index (κ1) is 12.7. The number of carbonyl (C=O) groups excluding carboxylic acids is 1. The molecule has 4 heteroatoms. The van der Waals surface area contributed by atoms with Crippen LogP contribution in [0.3, 0.4) is 0 Å². The standard InChI is InChI=1S/C10H18N2O2/c1-8(2)11-12(9(3)4)7-6-10(13)14-5/h6-7,9H,1-5H3. The predicted octanol–water partition coefficient (Wildman–Crippen LogP) is 1.78. The zero-order chi connectivity index (χ0) is 11.1. The molecule has 0 aliphatic rings. The Morgan fingerprint density at radius 2 is 2.00 bits per heavy atom. The van der Waals surface area contributed by atoms with Gasteiger partial charge in [0, 0.05) is 24.0 Å². The quantitative estimate of drug-likeness (QED) is 0.299. The summed E-state index contributed by atoms with van der Waals surface area (Å²) in [4.78, 5) is 10.8. The molecule has 0 saturated heterocycles. The number of hydrogen-bond donors (Lipinski definition) is 0. The third kappa shape index (κ3) is 5.35. The minimum Gasteiger partial charge on any atom is -0.466 e. The van der Waals surface area contributed by atoms with E-state index in [2.05, 4.69) is 9.84 Å². The number of methoxy groups -OCH3 is 1. The van der Waals surface area contributed by atoms with Crippen molar-refractivity contribution in [1.82, 2.24) is 5.01 Å². The molecule has 80 valence electrons. The zero-order valence-electron chi connectivity index (χ0n) is 9.44. The molecule has 0 saturated carbocycles. The Hall–Kier alpha value is -1.32. The molecule has 0 atom stereocenters. The minimum atomic E-state index is -0.375. The first-order valence-corrected chi connectivity index (χ1v) is 4.53. The molecule has 0 aromatic rings. The van der Waals surface area contributed by atoms with Crippen molar-refractivity contribution in [3.8, 4) is 0 Å². The third-order valence-electron chi connectivity index (χ3n) is 1.41. The molecule has 0 heterocycles. The summed E-state index contributed by atoms with van der Waals surface area (Å²) in [7, 11) is 1.35. The van der Waals surface area contributed by atoms with Gasteiger partial charge in [0.25, 0.3) is 0 Å². The summed E-state index contributed by atoms with van der Waals surface area (Å²) in [5.74, 6) is -0.375. The molecule has 0 N–H and O–H groups in total. The van der Waals surface area contributed by atoms with Crippen molar-refractivity contribution in [3.63, 3.8) is 0 Å². The van der Waals surface area contributed by atoms with Gasteiger partial charge in [0.2, 0.25) is 0 Å². The molecule has 0 rings (SSSR count). The summed E-state index contributed by atoms with van der Waals surface area (Å²) in [5.41, 5.74) is 0.938. The number of nitrogens with zero attached hydrogens (tertiary/aromatic N) is 2. The largest absolute Gasteiger partial charge is 0.466 e. The fraction of sp³-hybridized carbons (Fsp3) is 0.600. The first-order valence-electron chi connectivity index (χ1n) is 4.53. The molecule has 0 aliphatic heterocycles. The van der Waals surface area contributed by atoms with Gasteiger partial charge in [0.05, 0.1) is 7.11 Å². The maximum absolute atomic E-state index is 10.8. The highest BCUT2D eigenvalue weighted by molar-refractivity contribution is 5.81. The topological polar surface area (TPSA) is 41.9 Å². The number of ether oxygens (including phenoxy) is 1. The molecule has 0 bridgehead atoms. The molecule has 0 spiro atoms. The van der Waals surface area contributed by atoms with E-state index in [-0.39, 0.29) is 12.0 Å². The van der Waals surface area contributed by atoms with Crippen LogP contribution in [0.4, 0.5) is 0 Å². The van der Waals surface area contributed by atoms with Gasteiger partial charge in [-0.05, 0) is 27.7 Å². The van der Waals surface area contributed by atoms with Crippen LogP contribution in [0.25, 0.3) is 0 Å². The van der Waals surface area contributed by atoms with Crippen LogP contribution in [0.5, 0.6) is 0 Å². The molecule has 14 heavy (non-hydrogen) atoms. The number of carbonyl (C=O) groups is 1. The SMILES string of the molecule is COC(=O)C=CN(N=C(C)C)C(C)C. The highest BCUT2D eigenvalue weighted by atomic mass is 16.5. The van der Waals surface area contributed by atoms with Crippen molar-refractivity contribution in [2.45, 2.75) is 33.7 Å². The van der Waals surface area contributed by atoms with Crippen molar-refractivity contribution in [2.75, 3.05) is 7.11 Å². The Morgan fingerprint density at radius 1 is 1.43 bits per heavy atom. The van der Waals surface area contributed by atoms with Crippen molar-refractivity contribution >= 4 is 11.7 Å². The van der Waals surface area contributed by atoms with Crippen molar-refractivity contribution < 1.29 is 9.53 Å². The van der Waals surface area contributed by atoms with Crippen LogP contribution >= 0.6 is 0 Å². The highest BCUT2D eigenvalue weighted by Gasteiger charge is 2.02. The van der Waals surface area contributed by atoms with Crippen LogP contribution < -0.4 is 0 Å². The first-order chi connectivity index (χ1) is 6.47. The van der Waals surface area contributed by atoms with Gasteiger partial charge < -0.3 is 4.74 Å². The second kappa shape index (κ2) is 6.18. The normalized spacial score (nSPS) is 10.4. The Morgan fingerprint density at radius 3 is 2.36 bits per heavy atom. The van der Waals surface area contributed by atoms with Gasteiger partial charge in [-0.3, -0.25) is 5.01 Å². The van der Waals surface area contributed by atoms with Crippen LogP contribution in [-0.4, -0.2) is 29.8 Å². The number of esters is 1. The van der Waals surface area contributed by atoms with E-state index in [0.29, 0.717) is 0 Å². The zero-order valence-corrected chi connectivity index (χ0v) is 9.44. The highest BCUT2D eigenvalue weighted by Crippen LogP contribution is 2.01. The fourth-order valence-corrected chi connectivity index (χ4v) is 0.757. The molecule has 0 unspecified atom stereocenters. The number of hydrogen-bond acceptors (Lipinski definition) is 4. The molecule has 0 aromatic carbocycles. The average molecular weight is 198 g/mol. The Labute approximate surface area is 85.2 Å². The molecular weight excluding hydrogens is 180 g/mol. The van der Waals surface area contributed by atoms with E-state index < -0.39 is 0 Å². The Bertz CT molecular complexity index is 241. The lowest BCUT2D eigenvalue weighted by Gasteiger charge is -2.19. The Balaban J connectivity index is 4.46. The average Bonchev–Trinajstić information content (AvgIpc) is 2.10. The van der Waals surface area contributed by atoms with E-state index in [1.54, 1.807) is 11.2 Å². The predicted molar refractivity (Wildman–Crippen MR) is 56.9 cm³/mol. The molecule has 4 nitrogen and oxygen atoms in total. The van der Waals surface area contributed by atoms with E-state index >= 15 is 0 Å². The summed E-state index contributed by atoms with van der Waals surface area (Å²) in [5, 5.41) is 5.95. The van der Waals surface area contributed by atoms with Crippen LogP contribution in [-0.2, 0) is 9.53 Å². The third-order valence-corrected chi connectivity index (χ3v) is 1.41. The molecule has 0 fully saturated rings. The molecule has 0 aromatic heterocycles. The lowest BCUT2D eigenvalue weighted by atomic mass is 10.4. The van der Waals surface area contributed by atoms with Crippen LogP contribution in [0.2, 0.25) is 0 Å². The maximum Gasteiger partial charge on any atom is 0.332 e. The summed E-state index contributed by atoms with van der Waals surface area (Å²) >= 11 is 0. The van der Waals surface area contributed by atoms with Gasteiger partial charge in [-0.2, -0.15) is 5.10 Å². The summed E-state index contributed by atoms with van der Waals surface area (Å²) in [6.07, 6.45) is 2.97. The summed E-state index contributed by atoms with van der Waals surface area (Å²) in [6.45, 7) is 7.80. The monoisotopic (exact) mass is 198 g/mol. The van der Waals surface area contributed by atoms with E-state index in [0.717, 1.165) is 5.71 Å². The Kier molecular flexibility index (Phi) is 5.60. The second-order valence-electron chi connectivity index (χ2n) is 3.36. The molecule has 0 aliphatic carbocycles. The van der Waals surface area contributed by atoms with Crippen LogP contribution in [0.1, 0.15) is 27.7 Å². The van der Waals surface area contributed by atoms with Gasteiger partial charge in [-0.15, -0.1) is 0 Å².